The Kier molecular flexibility index (Phi) is 6.08. The van der Waals surface area contributed by atoms with E-state index < -0.39 is 0 Å². The molecule has 0 aliphatic rings. The zero-order chi connectivity index (χ0) is 16.2. The van der Waals surface area contributed by atoms with Gasteiger partial charge in [-0.25, -0.2) is 0 Å². The summed E-state index contributed by atoms with van der Waals surface area (Å²) >= 11 is -0.0624. The summed E-state index contributed by atoms with van der Waals surface area (Å²) in [7, 11) is 0. The maximum atomic E-state index is 2.34. The number of hydrogen-bond donors (Lipinski definition) is 0. The van der Waals surface area contributed by atoms with Crippen LogP contribution in [-0.2, 0) is 5.41 Å². The minimum atomic E-state index is -0.0624. The van der Waals surface area contributed by atoms with Crippen molar-refractivity contribution < 1.29 is 21.2 Å². The van der Waals surface area contributed by atoms with Gasteiger partial charge in [0.15, 0.2) is 0 Å². The van der Waals surface area contributed by atoms with Crippen molar-refractivity contribution >= 4 is 0 Å². The van der Waals surface area contributed by atoms with Gasteiger partial charge in [-0.2, -0.15) is 0 Å². The van der Waals surface area contributed by atoms with Crippen LogP contribution < -0.4 is 21.2 Å². The average molecular weight is 407 g/mol. The van der Waals surface area contributed by atoms with Crippen LogP contribution in [-0.4, -0.2) is 0 Å². The summed E-state index contributed by atoms with van der Waals surface area (Å²) in [5.41, 5.74) is 3.21. The number of benzene rings is 2. The standard InChI is InChI=1S/C21H28I/c1-6-16(3)17-8-12-19(13-9-17)22-20-14-10-18(11-15-20)21(4,5)7-2/h8-16H,6-7H2,1-5H3/q-1. The molecule has 0 saturated heterocycles. The quantitative estimate of drug-likeness (QED) is 0.646. The Morgan fingerprint density at radius 2 is 1.36 bits per heavy atom. The molecule has 1 heteroatoms. The van der Waals surface area contributed by atoms with Crippen LogP contribution in [0.1, 0.15) is 64.5 Å². The van der Waals surface area contributed by atoms with Crippen LogP contribution in [0, 0.1) is 7.14 Å². The molecular formula is C21H28I-. The molecule has 0 N–H and O–H groups in total. The topological polar surface area (TPSA) is 0 Å². The second-order valence-corrected chi connectivity index (χ2v) is 9.73. The molecule has 1 unspecified atom stereocenters. The third-order valence-corrected chi connectivity index (χ3v) is 7.46. The first-order valence-corrected chi connectivity index (χ1v) is 10.5. The van der Waals surface area contributed by atoms with E-state index in [0.29, 0.717) is 5.92 Å². The van der Waals surface area contributed by atoms with Crippen LogP contribution in [0.5, 0.6) is 0 Å². The van der Waals surface area contributed by atoms with E-state index in [1.165, 1.54) is 31.1 Å². The molecule has 0 heterocycles. The predicted molar refractivity (Wildman–Crippen MR) is 92.3 cm³/mol. The number of hydrogen-bond acceptors (Lipinski definition) is 0. The van der Waals surface area contributed by atoms with Gasteiger partial charge in [-0.3, -0.25) is 0 Å². The molecular weight excluding hydrogens is 379 g/mol. The first-order chi connectivity index (χ1) is 10.5. The van der Waals surface area contributed by atoms with Crippen molar-refractivity contribution in [3.8, 4) is 0 Å². The fourth-order valence-electron chi connectivity index (χ4n) is 2.38. The fourth-order valence-corrected chi connectivity index (χ4v) is 4.54. The molecule has 0 aromatic heterocycles. The van der Waals surface area contributed by atoms with Crippen LogP contribution in [0.3, 0.4) is 0 Å². The van der Waals surface area contributed by atoms with E-state index in [2.05, 4.69) is 83.1 Å². The van der Waals surface area contributed by atoms with E-state index in [4.69, 9.17) is 0 Å². The van der Waals surface area contributed by atoms with E-state index in [1.807, 2.05) is 0 Å². The zero-order valence-electron chi connectivity index (χ0n) is 14.5. The summed E-state index contributed by atoms with van der Waals surface area (Å²) in [6, 6.07) is 18.6. The van der Waals surface area contributed by atoms with Crippen molar-refractivity contribution in [2.45, 2.75) is 58.8 Å². The van der Waals surface area contributed by atoms with Crippen LogP contribution in [0.4, 0.5) is 0 Å². The van der Waals surface area contributed by atoms with Crippen LogP contribution >= 0.6 is 0 Å². The zero-order valence-corrected chi connectivity index (χ0v) is 16.6. The van der Waals surface area contributed by atoms with Gasteiger partial charge in [-0.1, -0.05) is 0 Å². The monoisotopic (exact) mass is 407 g/mol. The second-order valence-electron chi connectivity index (χ2n) is 6.70. The molecule has 0 nitrogen and oxygen atoms in total. The third-order valence-electron chi connectivity index (χ3n) is 4.78. The molecule has 0 bridgehead atoms. The SMILES string of the molecule is CCC(C)c1ccc([I-]c2ccc(C(C)(C)CC)cc2)cc1. The first-order valence-electron chi connectivity index (χ1n) is 8.31. The van der Waals surface area contributed by atoms with Crippen molar-refractivity contribution in [3.05, 3.63) is 66.8 Å². The molecule has 0 aliphatic heterocycles. The second kappa shape index (κ2) is 7.63. The Morgan fingerprint density at radius 3 is 1.82 bits per heavy atom. The van der Waals surface area contributed by atoms with Crippen LogP contribution in [0.15, 0.2) is 48.5 Å². The van der Waals surface area contributed by atoms with Gasteiger partial charge in [0.25, 0.3) is 0 Å². The Morgan fingerprint density at radius 1 is 0.864 bits per heavy atom. The summed E-state index contributed by atoms with van der Waals surface area (Å²) in [4.78, 5) is 0. The molecule has 0 spiro atoms. The van der Waals surface area contributed by atoms with Crippen molar-refractivity contribution in [3.63, 3.8) is 0 Å². The van der Waals surface area contributed by atoms with Gasteiger partial charge in [0.1, 0.15) is 0 Å². The molecule has 2 aromatic carbocycles. The van der Waals surface area contributed by atoms with Crippen molar-refractivity contribution in [1.82, 2.24) is 0 Å². The maximum absolute atomic E-state index is 2.34. The Hall–Kier alpha value is -0.830. The molecule has 0 amide bonds. The molecule has 22 heavy (non-hydrogen) atoms. The van der Waals surface area contributed by atoms with Crippen molar-refractivity contribution in [1.29, 1.82) is 0 Å². The third kappa shape index (κ3) is 4.34. The summed E-state index contributed by atoms with van der Waals surface area (Å²) in [6.07, 6.45) is 2.39. The molecule has 0 saturated carbocycles. The molecule has 2 aromatic rings. The average Bonchev–Trinajstić information content (AvgIpc) is 2.55. The summed E-state index contributed by atoms with van der Waals surface area (Å²) in [5, 5.41) is 0. The summed E-state index contributed by atoms with van der Waals surface area (Å²) < 4.78 is 3.01. The van der Waals surface area contributed by atoms with Crippen molar-refractivity contribution in [2.24, 2.45) is 0 Å². The van der Waals surface area contributed by atoms with Gasteiger partial charge in [0.05, 0.1) is 0 Å². The Labute approximate surface area is 146 Å². The van der Waals surface area contributed by atoms with E-state index in [0.717, 1.165) is 0 Å². The van der Waals surface area contributed by atoms with Gasteiger partial charge in [-0.05, 0) is 0 Å². The van der Waals surface area contributed by atoms with E-state index in [1.54, 1.807) is 0 Å². The first kappa shape index (κ1) is 17.5. The van der Waals surface area contributed by atoms with Crippen molar-refractivity contribution in [2.75, 3.05) is 0 Å². The van der Waals surface area contributed by atoms with Gasteiger partial charge in [-0.15, -0.1) is 0 Å². The molecule has 0 radical (unpaired) electrons. The molecule has 2 rings (SSSR count). The van der Waals surface area contributed by atoms with Gasteiger partial charge < -0.3 is 0 Å². The molecule has 0 aliphatic carbocycles. The van der Waals surface area contributed by atoms with Gasteiger partial charge >= 0.3 is 147 Å². The van der Waals surface area contributed by atoms with Crippen LogP contribution in [0.2, 0.25) is 0 Å². The minimum absolute atomic E-state index is 0.0624. The van der Waals surface area contributed by atoms with Crippen LogP contribution in [0.25, 0.3) is 0 Å². The van der Waals surface area contributed by atoms with E-state index >= 15 is 0 Å². The summed E-state index contributed by atoms with van der Waals surface area (Å²) in [5.74, 6) is 0.669. The Balaban J connectivity index is 2.08. The fraction of sp³-hybridized carbons (Fsp3) is 0.429. The molecule has 1 atom stereocenters. The van der Waals surface area contributed by atoms with E-state index in [-0.39, 0.29) is 26.6 Å². The molecule has 120 valence electrons. The number of halogens is 1. The van der Waals surface area contributed by atoms with E-state index in [9.17, 15) is 0 Å². The van der Waals surface area contributed by atoms with Gasteiger partial charge in [0, 0.05) is 0 Å². The molecule has 0 fully saturated rings. The Bertz CT molecular complexity index is 578. The van der Waals surface area contributed by atoms with Gasteiger partial charge in [0.2, 0.25) is 0 Å². The predicted octanol–water partition coefficient (Wildman–Crippen LogP) is 3.02. The number of rotatable bonds is 6. The summed E-state index contributed by atoms with van der Waals surface area (Å²) in [6.45, 7) is 11.5. The normalized spacial score (nSPS) is 13.3.